The molecule has 0 bridgehead atoms. The van der Waals surface area contributed by atoms with Gasteiger partial charge in [0.05, 0.1) is 10.9 Å². The van der Waals surface area contributed by atoms with E-state index in [1.807, 2.05) is 0 Å². The van der Waals surface area contributed by atoms with Crippen molar-refractivity contribution in [2.24, 2.45) is 5.92 Å². The van der Waals surface area contributed by atoms with Crippen molar-refractivity contribution in [2.45, 2.75) is 72.2 Å². The van der Waals surface area contributed by atoms with Crippen LogP contribution >= 0.6 is 0 Å². The molecule has 5 rings (SSSR count). The number of alkyl halides is 7. The van der Waals surface area contributed by atoms with Crippen LogP contribution < -0.4 is 5.32 Å². The summed E-state index contributed by atoms with van der Waals surface area (Å²) in [7, 11) is -4.35. The Hall–Kier alpha value is -2.83. The summed E-state index contributed by atoms with van der Waals surface area (Å²) < 4.78 is 123. The number of amides is 1. The average molecular weight is 593 g/mol. The monoisotopic (exact) mass is 592 g/mol. The highest BCUT2D eigenvalue weighted by Crippen LogP contribution is 2.57. The number of likely N-dealkylation sites (tertiary alicyclic amines) is 1. The largest absolute Gasteiger partial charge is 0.435 e. The Balaban J connectivity index is 1.67. The zero-order valence-electron chi connectivity index (χ0n) is 21.2. The first kappa shape index (κ1) is 28.7. The normalized spacial score (nSPS) is 24.3. The molecule has 2 unspecified atom stereocenters. The van der Waals surface area contributed by atoms with E-state index < -0.39 is 44.2 Å². The van der Waals surface area contributed by atoms with Crippen molar-refractivity contribution in [2.75, 3.05) is 18.4 Å². The van der Waals surface area contributed by atoms with Crippen molar-refractivity contribution in [1.29, 1.82) is 0 Å². The van der Waals surface area contributed by atoms with Gasteiger partial charge in [0.1, 0.15) is 4.75 Å². The molecule has 1 saturated heterocycles. The molecule has 1 saturated carbocycles. The molecule has 1 N–H and O–H groups in total. The summed E-state index contributed by atoms with van der Waals surface area (Å²) in [6.07, 6.45) is -8.75. The molecule has 1 amide bonds. The predicted molar refractivity (Wildman–Crippen MR) is 132 cm³/mol. The van der Waals surface area contributed by atoms with Crippen molar-refractivity contribution in [3.63, 3.8) is 0 Å². The summed E-state index contributed by atoms with van der Waals surface area (Å²) in [4.78, 5) is 15.0. The van der Waals surface area contributed by atoms with Gasteiger partial charge in [-0.05, 0) is 43.0 Å². The number of benzene rings is 2. The fourth-order valence-corrected chi connectivity index (χ4v) is 8.87. The minimum Gasteiger partial charge on any atom is -0.383 e. The van der Waals surface area contributed by atoms with E-state index in [1.165, 1.54) is 29.2 Å². The van der Waals surface area contributed by atoms with Gasteiger partial charge in [0.25, 0.3) is 0 Å². The van der Waals surface area contributed by atoms with E-state index in [-0.39, 0.29) is 47.5 Å². The molecule has 2 aliphatic heterocycles. The van der Waals surface area contributed by atoms with Gasteiger partial charge >= 0.3 is 18.0 Å². The number of sulfone groups is 1. The third-order valence-electron chi connectivity index (χ3n) is 8.55. The Labute approximate surface area is 226 Å². The van der Waals surface area contributed by atoms with Crippen LogP contribution in [0.15, 0.2) is 53.4 Å². The van der Waals surface area contributed by atoms with E-state index in [9.17, 15) is 43.9 Å². The van der Waals surface area contributed by atoms with Gasteiger partial charge in [-0.1, -0.05) is 49.6 Å². The Morgan fingerprint density at radius 1 is 0.900 bits per heavy atom. The topological polar surface area (TPSA) is 66.5 Å². The molecule has 2 atom stereocenters. The van der Waals surface area contributed by atoms with E-state index in [0.29, 0.717) is 25.0 Å². The van der Waals surface area contributed by atoms with Crippen LogP contribution in [0.1, 0.15) is 49.7 Å². The lowest BCUT2D eigenvalue weighted by atomic mass is 9.83. The fraction of sp³-hybridized carbons (Fsp3) is 0.519. The lowest BCUT2D eigenvalue weighted by molar-refractivity contribution is -0.348. The molecule has 1 aliphatic carbocycles. The van der Waals surface area contributed by atoms with Gasteiger partial charge in [0.2, 0.25) is 5.91 Å². The van der Waals surface area contributed by atoms with Gasteiger partial charge in [-0.3, -0.25) is 4.79 Å². The summed E-state index contributed by atoms with van der Waals surface area (Å²) in [5.41, 5.74) is -7.83. The van der Waals surface area contributed by atoms with Gasteiger partial charge in [-0.25, -0.2) is 12.8 Å². The summed E-state index contributed by atoms with van der Waals surface area (Å²) in [6.45, 7) is -0.217. The molecular weight excluding hydrogens is 565 g/mol. The van der Waals surface area contributed by atoms with E-state index in [2.05, 4.69) is 5.32 Å². The van der Waals surface area contributed by atoms with E-state index in [1.54, 1.807) is 6.07 Å². The first-order chi connectivity index (χ1) is 18.7. The number of carbonyl (C=O) groups is 1. The maximum absolute atomic E-state index is 14.9. The summed E-state index contributed by atoms with van der Waals surface area (Å²) >= 11 is 0. The van der Waals surface area contributed by atoms with Crippen molar-refractivity contribution in [1.82, 2.24) is 4.90 Å². The summed E-state index contributed by atoms with van der Waals surface area (Å²) in [5, 5.41) is 2.73. The molecule has 2 heterocycles. The second kappa shape index (κ2) is 9.63. The molecule has 3 aliphatic rings. The Kier molecular flexibility index (Phi) is 6.91. The summed E-state index contributed by atoms with van der Waals surface area (Å²) in [5.74, 6) is -0.507. The first-order valence-corrected chi connectivity index (χ1v) is 14.5. The number of nitrogens with zero attached hydrogens (tertiary/aromatic N) is 1. The maximum atomic E-state index is 14.9. The number of rotatable bonds is 4. The van der Waals surface area contributed by atoms with Crippen LogP contribution in [-0.4, -0.2) is 50.7 Å². The van der Waals surface area contributed by atoms with Crippen LogP contribution in [-0.2, 0) is 25.0 Å². The lowest BCUT2D eigenvalue weighted by Crippen LogP contribution is -2.56. The van der Waals surface area contributed by atoms with Gasteiger partial charge in [0.15, 0.2) is 9.84 Å². The molecule has 218 valence electrons. The third kappa shape index (κ3) is 4.09. The highest BCUT2D eigenvalue weighted by atomic mass is 32.2. The van der Waals surface area contributed by atoms with Crippen molar-refractivity contribution in [3.05, 3.63) is 59.7 Å². The van der Waals surface area contributed by atoms with Crippen LogP contribution in [0.3, 0.4) is 0 Å². The van der Waals surface area contributed by atoms with E-state index in [0.717, 1.165) is 25.3 Å². The number of carbonyl (C=O) groups excluding carboxylic acids is 1. The van der Waals surface area contributed by atoms with Crippen LogP contribution in [0.25, 0.3) is 0 Å². The molecular formula is C27H27F7N2O3S. The van der Waals surface area contributed by atoms with Gasteiger partial charge in [-0.2, -0.15) is 26.3 Å². The average Bonchev–Trinajstić information content (AvgIpc) is 3.33. The number of fused-ring (bicyclic) bond motifs is 3. The predicted octanol–water partition coefficient (Wildman–Crippen LogP) is 6.25. The maximum Gasteiger partial charge on any atom is 0.435 e. The standard InChI is InChI=1S/C27H27F7N2O3S/c28-25(26(29,30)31,27(32,33)34)18-11-12-20-21(15-18)35-16-22-24(20,40(38,39)19-9-5-2-6-10-19)13-14-36(22)23(37)17-7-3-1-4-8-17/h2,5-6,9-12,15,17,22,35H,1,3-4,7-8,13-14,16H2. The number of hydrogen-bond acceptors (Lipinski definition) is 4. The Bertz CT molecular complexity index is 1380. The highest BCUT2D eigenvalue weighted by Gasteiger charge is 2.74. The Morgan fingerprint density at radius 3 is 2.12 bits per heavy atom. The zero-order valence-corrected chi connectivity index (χ0v) is 22.0. The molecule has 13 heteroatoms. The van der Waals surface area contributed by atoms with Crippen LogP contribution in [0.2, 0.25) is 0 Å². The number of anilines is 1. The fourth-order valence-electron chi connectivity index (χ4n) is 6.53. The minimum absolute atomic E-state index is 0.0348. The van der Waals surface area contributed by atoms with Crippen LogP contribution in [0.5, 0.6) is 0 Å². The van der Waals surface area contributed by atoms with Crippen molar-refractivity contribution in [3.8, 4) is 0 Å². The molecule has 5 nitrogen and oxygen atoms in total. The third-order valence-corrected chi connectivity index (χ3v) is 11.1. The Morgan fingerprint density at radius 2 is 1.52 bits per heavy atom. The molecule has 0 radical (unpaired) electrons. The molecule has 40 heavy (non-hydrogen) atoms. The number of nitrogens with one attached hydrogen (secondary N) is 1. The minimum atomic E-state index is -6.32. The second-order valence-electron chi connectivity index (χ2n) is 10.6. The second-order valence-corrected chi connectivity index (χ2v) is 12.8. The molecule has 0 spiro atoms. The van der Waals surface area contributed by atoms with Crippen LogP contribution in [0, 0.1) is 5.92 Å². The molecule has 2 fully saturated rings. The van der Waals surface area contributed by atoms with Crippen LogP contribution in [0.4, 0.5) is 36.4 Å². The molecule has 0 aromatic heterocycles. The zero-order chi connectivity index (χ0) is 29.1. The summed E-state index contributed by atoms with van der Waals surface area (Å²) in [6, 6.07) is 7.86. The van der Waals surface area contributed by atoms with Gasteiger partial charge in [0, 0.05) is 30.3 Å². The lowest BCUT2D eigenvalue weighted by Gasteiger charge is -2.44. The molecule has 2 aromatic carbocycles. The van der Waals surface area contributed by atoms with Gasteiger partial charge in [-0.15, -0.1) is 0 Å². The highest BCUT2D eigenvalue weighted by molar-refractivity contribution is 7.92. The number of hydrogen-bond donors (Lipinski definition) is 1. The van der Waals surface area contributed by atoms with Crippen molar-refractivity contribution >= 4 is 21.4 Å². The molecule has 2 aromatic rings. The van der Waals surface area contributed by atoms with Crippen molar-refractivity contribution < 1.29 is 43.9 Å². The van der Waals surface area contributed by atoms with E-state index >= 15 is 0 Å². The van der Waals surface area contributed by atoms with E-state index in [4.69, 9.17) is 0 Å². The first-order valence-electron chi connectivity index (χ1n) is 13.0. The smallest absolute Gasteiger partial charge is 0.383 e. The SMILES string of the molecule is O=C(C1CCCCC1)N1CCC2(S(=O)(=O)c3ccccc3)c3ccc(C(F)(C(F)(F)F)C(F)(F)F)cc3NCC12. The quantitative estimate of drug-likeness (QED) is 0.427. The van der Waals surface area contributed by atoms with Gasteiger partial charge < -0.3 is 10.2 Å². The number of halogens is 7.